The summed E-state index contributed by atoms with van der Waals surface area (Å²) in [7, 11) is 0. The Kier molecular flexibility index (Phi) is 6.80. The molecule has 0 aliphatic carbocycles. The second-order valence-corrected chi connectivity index (χ2v) is 5.18. The van der Waals surface area contributed by atoms with Gasteiger partial charge in [-0.3, -0.25) is 9.59 Å². The predicted octanol–water partition coefficient (Wildman–Crippen LogP) is 0.992. The van der Waals surface area contributed by atoms with E-state index in [2.05, 4.69) is 24.5 Å². The molecular formula is C12H24N2O3. The van der Waals surface area contributed by atoms with Crippen LogP contribution in [0.15, 0.2) is 0 Å². The monoisotopic (exact) mass is 244 g/mol. The second kappa shape index (κ2) is 7.27. The lowest BCUT2D eigenvalue weighted by Gasteiger charge is -2.19. The van der Waals surface area contributed by atoms with Crippen LogP contribution in [0.5, 0.6) is 0 Å². The lowest BCUT2D eigenvalue weighted by Crippen LogP contribution is -2.39. The molecule has 0 spiro atoms. The molecular weight excluding hydrogens is 220 g/mol. The van der Waals surface area contributed by atoms with E-state index < -0.39 is 11.4 Å². The number of carbonyl (C=O) groups excluding carboxylic acids is 1. The quantitative estimate of drug-likeness (QED) is 0.556. The van der Waals surface area contributed by atoms with Gasteiger partial charge in [-0.1, -0.05) is 13.8 Å². The molecule has 0 saturated carbocycles. The predicted molar refractivity (Wildman–Crippen MR) is 66.8 cm³/mol. The maximum absolute atomic E-state index is 11.4. The first-order valence-corrected chi connectivity index (χ1v) is 5.99. The molecule has 5 heteroatoms. The van der Waals surface area contributed by atoms with Gasteiger partial charge in [-0.25, -0.2) is 0 Å². The standard InChI is InChI=1S/C12H24N2O3/c1-9(2)13-7-5-6-10(15)14-8-12(3,4)11(16)17/h9,13H,5-8H2,1-4H3,(H,14,15)(H,16,17). The van der Waals surface area contributed by atoms with Crippen LogP contribution in [-0.2, 0) is 9.59 Å². The van der Waals surface area contributed by atoms with Gasteiger partial charge in [0.2, 0.25) is 5.91 Å². The van der Waals surface area contributed by atoms with Gasteiger partial charge in [-0.05, 0) is 26.8 Å². The van der Waals surface area contributed by atoms with E-state index in [0.717, 1.165) is 13.0 Å². The first kappa shape index (κ1) is 15.9. The number of rotatable bonds is 8. The number of carbonyl (C=O) groups is 2. The Labute approximate surface area is 103 Å². The van der Waals surface area contributed by atoms with Crippen LogP contribution in [0.1, 0.15) is 40.5 Å². The van der Waals surface area contributed by atoms with Gasteiger partial charge in [0.25, 0.3) is 0 Å². The van der Waals surface area contributed by atoms with E-state index in [-0.39, 0.29) is 12.5 Å². The van der Waals surface area contributed by atoms with Crippen LogP contribution in [-0.4, -0.2) is 36.1 Å². The first-order valence-electron chi connectivity index (χ1n) is 5.99. The molecule has 0 saturated heterocycles. The number of carboxylic acids is 1. The Bertz CT molecular complexity index is 262. The summed E-state index contributed by atoms with van der Waals surface area (Å²) in [5.74, 6) is -0.996. The molecule has 0 rings (SSSR count). The Morgan fingerprint density at radius 1 is 1.29 bits per heavy atom. The fourth-order valence-electron chi connectivity index (χ4n) is 1.12. The molecule has 0 heterocycles. The van der Waals surface area contributed by atoms with Gasteiger partial charge in [0, 0.05) is 19.0 Å². The first-order chi connectivity index (χ1) is 7.75. The van der Waals surface area contributed by atoms with Crippen LogP contribution in [0, 0.1) is 5.41 Å². The highest BCUT2D eigenvalue weighted by molar-refractivity contribution is 5.78. The fourth-order valence-corrected chi connectivity index (χ4v) is 1.12. The summed E-state index contributed by atoms with van der Waals surface area (Å²) in [5.41, 5.74) is -0.911. The van der Waals surface area contributed by atoms with Crippen molar-refractivity contribution in [3.63, 3.8) is 0 Å². The van der Waals surface area contributed by atoms with Crippen molar-refractivity contribution in [2.24, 2.45) is 5.41 Å². The van der Waals surface area contributed by atoms with Crippen molar-refractivity contribution in [1.82, 2.24) is 10.6 Å². The molecule has 1 amide bonds. The largest absolute Gasteiger partial charge is 0.481 e. The van der Waals surface area contributed by atoms with Crippen molar-refractivity contribution in [2.45, 2.75) is 46.6 Å². The minimum Gasteiger partial charge on any atom is -0.481 e. The number of hydrogen-bond acceptors (Lipinski definition) is 3. The number of aliphatic carboxylic acids is 1. The molecule has 17 heavy (non-hydrogen) atoms. The van der Waals surface area contributed by atoms with Crippen molar-refractivity contribution in [2.75, 3.05) is 13.1 Å². The zero-order chi connectivity index (χ0) is 13.5. The van der Waals surface area contributed by atoms with Crippen LogP contribution in [0.3, 0.4) is 0 Å². The molecule has 0 aromatic carbocycles. The molecule has 0 aliphatic heterocycles. The Morgan fingerprint density at radius 2 is 1.88 bits per heavy atom. The Morgan fingerprint density at radius 3 is 2.35 bits per heavy atom. The van der Waals surface area contributed by atoms with Gasteiger partial charge >= 0.3 is 5.97 Å². The molecule has 0 radical (unpaired) electrons. The lowest BCUT2D eigenvalue weighted by molar-refractivity contribution is -0.146. The second-order valence-electron chi connectivity index (χ2n) is 5.18. The van der Waals surface area contributed by atoms with E-state index in [0.29, 0.717) is 12.5 Å². The fraction of sp³-hybridized carbons (Fsp3) is 0.833. The van der Waals surface area contributed by atoms with Crippen LogP contribution in [0.4, 0.5) is 0 Å². The number of hydrogen-bond donors (Lipinski definition) is 3. The molecule has 0 bridgehead atoms. The van der Waals surface area contributed by atoms with Gasteiger partial charge in [0.1, 0.15) is 0 Å². The lowest BCUT2D eigenvalue weighted by atomic mass is 9.94. The molecule has 0 atom stereocenters. The van der Waals surface area contributed by atoms with Gasteiger partial charge in [0.05, 0.1) is 5.41 Å². The summed E-state index contributed by atoms with van der Waals surface area (Å²) in [6.07, 6.45) is 1.19. The average Bonchev–Trinajstić information content (AvgIpc) is 2.21. The molecule has 100 valence electrons. The van der Waals surface area contributed by atoms with Gasteiger partial charge < -0.3 is 15.7 Å². The number of amides is 1. The summed E-state index contributed by atoms with van der Waals surface area (Å²) in [6, 6.07) is 0.420. The molecule has 0 aromatic heterocycles. The Hall–Kier alpha value is -1.10. The van der Waals surface area contributed by atoms with Crippen LogP contribution in [0.2, 0.25) is 0 Å². The summed E-state index contributed by atoms with van der Waals surface area (Å²) < 4.78 is 0. The van der Waals surface area contributed by atoms with Crippen LogP contribution in [0.25, 0.3) is 0 Å². The third kappa shape index (κ3) is 7.74. The van der Waals surface area contributed by atoms with Crippen LogP contribution < -0.4 is 10.6 Å². The summed E-state index contributed by atoms with van der Waals surface area (Å²) in [4.78, 5) is 22.2. The topological polar surface area (TPSA) is 78.4 Å². The molecule has 0 unspecified atom stereocenters. The van der Waals surface area contributed by atoms with Gasteiger partial charge in [-0.15, -0.1) is 0 Å². The van der Waals surface area contributed by atoms with Crippen molar-refractivity contribution >= 4 is 11.9 Å². The highest BCUT2D eigenvalue weighted by Crippen LogP contribution is 2.13. The van der Waals surface area contributed by atoms with Crippen molar-refractivity contribution in [3.8, 4) is 0 Å². The van der Waals surface area contributed by atoms with E-state index in [1.165, 1.54) is 0 Å². The highest BCUT2D eigenvalue weighted by atomic mass is 16.4. The van der Waals surface area contributed by atoms with E-state index >= 15 is 0 Å². The van der Waals surface area contributed by atoms with E-state index in [4.69, 9.17) is 5.11 Å². The van der Waals surface area contributed by atoms with Crippen molar-refractivity contribution < 1.29 is 14.7 Å². The highest BCUT2D eigenvalue weighted by Gasteiger charge is 2.27. The molecule has 5 nitrogen and oxygen atoms in total. The zero-order valence-corrected chi connectivity index (χ0v) is 11.2. The smallest absolute Gasteiger partial charge is 0.310 e. The van der Waals surface area contributed by atoms with Gasteiger partial charge in [0.15, 0.2) is 0 Å². The van der Waals surface area contributed by atoms with E-state index in [1.54, 1.807) is 13.8 Å². The van der Waals surface area contributed by atoms with Crippen molar-refractivity contribution in [3.05, 3.63) is 0 Å². The summed E-state index contributed by atoms with van der Waals surface area (Å²) in [5, 5.41) is 14.7. The molecule has 0 fully saturated rings. The van der Waals surface area contributed by atoms with E-state index in [1.807, 2.05) is 0 Å². The number of carboxylic acid groups (broad SMARTS) is 1. The zero-order valence-electron chi connectivity index (χ0n) is 11.2. The normalized spacial score (nSPS) is 11.6. The molecule has 0 aliphatic rings. The average molecular weight is 244 g/mol. The van der Waals surface area contributed by atoms with E-state index in [9.17, 15) is 9.59 Å². The maximum atomic E-state index is 11.4. The third-order valence-corrected chi connectivity index (χ3v) is 2.44. The molecule has 3 N–H and O–H groups in total. The van der Waals surface area contributed by atoms with Crippen LogP contribution >= 0.6 is 0 Å². The minimum atomic E-state index is -0.911. The summed E-state index contributed by atoms with van der Waals surface area (Å²) in [6.45, 7) is 8.25. The minimum absolute atomic E-state index is 0.0927. The summed E-state index contributed by atoms with van der Waals surface area (Å²) >= 11 is 0. The Balaban J connectivity index is 3.70. The maximum Gasteiger partial charge on any atom is 0.310 e. The third-order valence-electron chi connectivity index (χ3n) is 2.44. The van der Waals surface area contributed by atoms with Gasteiger partial charge in [-0.2, -0.15) is 0 Å². The van der Waals surface area contributed by atoms with Crippen molar-refractivity contribution in [1.29, 1.82) is 0 Å². The molecule has 0 aromatic rings. The SMILES string of the molecule is CC(C)NCCCC(=O)NCC(C)(C)C(=O)O. The number of nitrogens with one attached hydrogen (secondary N) is 2.